The number of hydrogen-bond acceptors (Lipinski definition) is 4. The van der Waals surface area contributed by atoms with Crippen LogP contribution in [0.5, 0.6) is 0 Å². The maximum Gasteiger partial charge on any atom is 0.238 e. The third-order valence-corrected chi connectivity index (χ3v) is 6.39. The van der Waals surface area contributed by atoms with Gasteiger partial charge in [-0.25, -0.2) is 4.98 Å². The Morgan fingerprint density at radius 1 is 1.26 bits per heavy atom. The van der Waals surface area contributed by atoms with Crippen molar-refractivity contribution in [3.63, 3.8) is 0 Å². The van der Waals surface area contributed by atoms with Crippen molar-refractivity contribution in [1.29, 1.82) is 0 Å². The van der Waals surface area contributed by atoms with Gasteiger partial charge in [0.2, 0.25) is 5.91 Å². The Balaban J connectivity index is 1.40. The molecule has 0 radical (unpaired) electrons. The van der Waals surface area contributed by atoms with E-state index in [4.69, 9.17) is 4.98 Å². The molecule has 1 aromatic heterocycles. The van der Waals surface area contributed by atoms with Crippen molar-refractivity contribution in [2.45, 2.75) is 32.6 Å². The molecule has 5 heteroatoms. The highest BCUT2D eigenvalue weighted by Gasteiger charge is 2.25. The second kappa shape index (κ2) is 7.79. The summed E-state index contributed by atoms with van der Waals surface area (Å²) in [6.45, 7) is 6.41. The second-order valence-corrected chi connectivity index (χ2v) is 8.52. The van der Waals surface area contributed by atoms with Gasteiger partial charge in [-0.2, -0.15) is 0 Å². The number of nitrogens with one attached hydrogen (secondary N) is 1. The van der Waals surface area contributed by atoms with Crippen LogP contribution in [0.25, 0.3) is 10.2 Å². The monoisotopic (exact) mass is 379 g/mol. The quantitative estimate of drug-likeness (QED) is 0.713. The molecule has 1 N–H and O–H groups in total. The Bertz CT molecular complexity index is 932. The zero-order valence-corrected chi connectivity index (χ0v) is 16.7. The topological polar surface area (TPSA) is 45.2 Å². The predicted octanol–water partition coefficient (Wildman–Crippen LogP) is 4.73. The maximum atomic E-state index is 12.5. The molecule has 0 unspecified atom stereocenters. The number of aromatic nitrogens is 1. The van der Waals surface area contributed by atoms with Crippen LogP contribution in [-0.4, -0.2) is 35.4 Å². The van der Waals surface area contributed by atoms with Gasteiger partial charge in [0, 0.05) is 18.2 Å². The normalized spacial score (nSPS) is 17.9. The third kappa shape index (κ3) is 4.20. The molecular formula is C22H25N3OS. The van der Waals surface area contributed by atoms with Crippen molar-refractivity contribution >= 4 is 33.1 Å². The number of aryl methyl sites for hydroxylation is 2. The minimum absolute atomic E-state index is 0.0619. The van der Waals surface area contributed by atoms with Crippen LogP contribution in [0.2, 0.25) is 0 Å². The number of likely N-dealkylation sites (tertiary alicyclic amines) is 1. The number of amides is 1. The fourth-order valence-corrected chi connectivity index (χ4v) is 4.91. The van der Waals surface area contributed by atoms with Gasteiger partial charge in [-0.15, -0.1) is 11.3 Å². The summed E-state index contributed by atoms with van der Waals surface area (Å²) in [7, 11) is 0. The number of carbonyl (C=O) groups is 1. The molecule has 1 aliphatic heterocycles. The molecule has 2 heterocycles. The lowest BCUT2D eigenvalue weighted by Gasteiger charge is -2.31. The van der Waals surface area contributed by atoms with E-state index in [2.05, 4.69) is 41.4 Å². The molecule has 27 heavy (non-hydrogen) atoms. The van der Waals surface area contributed by atoms with Crippen LogP contribution >= 0.6 is 11.3 Å². The first-order valence-corrected chi connectivity index (χ1v) is 10.3. The molecule has 1 aliphatic rings. The largest absolute Gasteiger partial charge is 0.325 e. The minimum Gasteiger partial charge on any atom is -0.325 e. The predicted molar refractivity (Wildman–Crippen MR) is 113 cm³/mol. The van der Waals surface area contributed by atoms with Crippen molar-refractivity contribution in [2.75, 3.05) is 25.0 Å². The fraction of sp³-hybridized carbons (Fsp3) is 0.364. The Labute approximate surface area is 164 Å². The zero-order valence-electron chi connectivity index (χ0n) is 15.9. The smallest absolute Gasteiger partial charge is 0.238 e. The van der Waals surface area contributed by atoms with Gasteiger partial charge >= 0.3 is 0 Å². The number of thiazole rings is 1. The molecule has 1 atom stereocenters. The van der Waals surface area contributed by atoms with Crippen molar-refractivity contribution in [1.82, 2.24) is 9.88 Å². The molecule has 140 valence electrons. The van der Waals surface area contributed by atoms with Gasteiger partial charge in [-0.3, -0.25) is 9.69 Å². The van der Waals surface area contributed by atoms with E-state index in [0.717, 1.165) is 42.7 Å². The standard InChI is InChI=1S/C22H25N3OS/c1-15-9-10-18(16(2)12-15)23-21(26)14-25-11-5-6-17(13-25)22-24-19-7-3-4-8-20(19)27-22/h3-4,7-10,12,17H,5-6,11,13-14H2,1-2H3,(H,23,26)/t17-/m1/s1. The van der Waals surface area contributed by atoms with Gasteiger partial charge in [-0.1, -0.05) is 29.8 Å². The van der Waals surface area contributed by atoms with E-state index < -0.39 is 0 Å². The molecule has 2 aromatic carbocycles. The van der Waals surface area contributed by atoms with Gasteiger partial charge < -0.3 is 5.32 Å². The highest BCUT2D eigenvalue weighted by Crippen LogP contribution is 2.32. The van der Waals surface area contributed by atoms with Crippen LogP contribution in [-0.2, 0) is 4.79 Å². The molecule has 1 saturated heterocycles. The fourth-order valence-electron chi connectivity index (χ4n) is 3.81. The summed E-state index contributed by atoms with van der Waals surface area (Å²) in [4.78, 5) is 19.6. The number of benzene rings is 2. The van der Waals surface area contributed by atoms with Crippen molar-refractivity contribution in [2.24, 2.45) is 0 Å². The average Bonchev–Trinajstić information content (AvgIpc) is 3.08. The molecule has 0 saturated carbocycles. The number of piperidine rings is 1. The molecule has 0 spiro atoms. The lowest BCUT2D eigenvalue weighted by Crippen LogP contribution is -2.39. The highest BCUT2D eigenvalue weighted by atomic mass is 32.1. The SMILES string of the molecule is Cc1ccc(NC(=O)CN2CCC[C@@H](c3nc4ccccc4s3)C2)c(C)c1. The van der Waals surface area contributed by atoms with Crippen LogP contribution in [0.1, 0.15) is 34.9 Å². The van der Waals surface area contributed by atoms with E-state index in [1.165, 1.54) is 15.3 Å². The summed E-state index contributed by atoms with van der Waals surface area (Å²) in [5, 5.41) is 4.27. The lowest BCUT2D eigenvalue weighted by atomic mass is 9.99. The van der Waals surface area contributed by atoms with E-state index in [-0.39, 0.29) is 5.91 Å². The zero-order chi connectivity index (χ0) is 18.8. The van der Waals surface area contributed by atoms with Gasteiger partial charge in [0.05, 0.1) is 21.8 Å². The number of nitrogens with zero attached hydrogens (tertiary/aromatic N) is 2. The molecule has 0 bridgehead atoms. The number of fused-ring (bicyclic) bond motifs is 1. The number of hydrogen-bond donors (Lipinski definition) is 1. The van der Waals surface area contributed by atoms with Crippen molar-refractivity contribution in [3.8, 4) is 0 Å². The van der Waals surface area contributed by atoms with E-state index >= 15 is 0 Å². The number of anilines is 1. The van der Waals surface area contributed by atoms with Crippen LogP contribution in [0, 0.1) is 13.8 Å². The number of para-hydroxylation sites is 1. The second-order valence-electron chi connectivity index (χ2n) is 7.46. The van der Waals surface area contributed by atoms with Gasteiger partial charge in [-0.05, 0) is 57.0 Å². The summed E-state index contributed by atoms with van der Waals surface area (Å²) in [6, 6.07) is 14.4. The van der Waals surface area contributed by atoms with Crippen molar-refractivity contribution < 1.29 is 4.79 Å². The van der Waals surface area contributed by atoms with E-state index in [9.17, 15) is 4.79 Å². The Hall–Kier alpha value is -2.24. The van der Waals surface area contributed by atoms with E-state index in [1.54, 1.807) is 11.3 Å². The summed E-state index contributed by atoms with van der Waals surface area (Å²) < 4.78 is 1.25. The highest BCUT2D eigenvalue weighted by molar-refractivity contribution is 7.18. The Morgan fingerprint density at radius 3 is 2.93 bits per heavy atom. The molecule has 1 amide bonds. The van der Waals surface area contributed by atoms with Crippen molar-refractivity contribution in [3.05, 3.63) is 58.6 Å². The molecular weight excluding hydrogens is 354 g/mol. The molecule has 1 fully saturated rings. The first kappa shape index (κ1) is 18.1. The van der Waals surface area contributed by atoms with Crippen LogP contribution < -0.4 is 5.32 Å². The van der Waals surface area contributed by atoms with Gasteiger partial charge in [0.15, 0.2) is 0 Å². The Kier molecular flexibility index (Phi) is 5.23. The molecule has 4 rings (SSSR count). The summed E-state index contributed by atoms with van der Waals surface area (Å²) in [6.07, 6.45) is 2.26. The number of carbonyl (C=O) groups excluding carboxylic acids is 1. The molecule has 4 nitrogen and oxygen atoms in total. The summed E-state index contributed by atoms with van der Waals surface area (Å²) >= 11 is 1.79. The van der Waals surface area contributed by atoms with Crippen LogP contribution in [0.4, 0.5) is 5.69 Å². The third-order valence-electron chi connectivity index (χ3n) is 5.19. The van der Waals surface area contributed by atoms with E-state index in [1.807, 2.05) is 25.1 Å². The van der Waals surface area contributed by atoms with Crippen LogP contribution in [0.15, 0.2) is 42.5 Å². The van der Waals surface area contributed by atoms with E-state index in [0.29, 0.717) is 12.5 Å². The maximum absolute atomic E-state index is 12.5. The number of rotatable bonds is 4. The molecule has 0 aliphatic carbocycles. The first-order chi connectivity index (χ1) is 13.1. The lowest BCUT2D eigenvalue weighted by molar-refractivity contribution is -0.117. The summed E-state index contributed by atoms with van der Waals surface area (Å²) in [5.41, 5.74) is 4.31. The average molecular weight is 380 g/mol. The van der Waals surface area contributed by atoms with Crippen LogP contribution in [0.3, 0.4) is 0 Å². The minimum atomic E-state index is 0.0619. The first-order valence-electron chi connectivity index (χ1n) is 9.53. The summed E-state index contributed by atoms with van der Waals surface area (Å²) in [5.74, 6) is 0.483. The molecule has 3 aromatic rings. The van der Waals surface area contributed by atoms with Gasteiger partial charge in [0.1, 0.15) is 0 Å². The Morgan fingerprint density at radius 2 is 2.11 bits per heavy atom. The van der Waals surface area contributed by atoms with Gasteiger partial charge in [0.25, 0.3) is 0 Å².